The number of rotatable bonds is 4. The maximum Gasteiger partial charge on any atom is 0.167 e. The zero-order valence-electron chi connectivity index (χ0n) is 16.0. The predicted octanol–water partition coefficient (Wildman–Crippen LogP) is 5.00. The van der Waals surface area contributed by atoms with Crippen LogP contribution in [-0.4, -0.2) is 49.4 Å². The summed E-state index contributed by atoms with van der Waals surface area (Å²) < 4.78 is 20.6. The fourth-order valence-corrected chi connectivity index (χ4v) is 5.73. The summed E-state index contributed by atoms with van der Waals surface area (Å²) in [4.78, 5) is 13.5. The summed E-state index contributed by atoms with van der Waals surface area (Å²) in [5.74, 6) is -0.145. The van der Waals surface area contributed by atoms with E-state index in [1.165, 1.54) is 18.1 Å². The monoisotopic (exact) mass is 486 g/mol. The zero-order valence-corrected chi connectivity index (χ0v) is 19.0. The number of nitrogens with zero attached hydrogens (tertiary/aromatic N) is 4. The van der Waals surface area contributed by atoms with Crippen molar-refractivity contribution in [3.8, 4) is 0 Å². The molecule has 4 heterocycles. The van der Waals surface area contributed by atoms with E-state index >= 15 is 0 Å². The molecule has 0 spiro atoms. The van der Waals surface area contributed by atoms with Gasteiger partial charge in [0.05, 0.1) is 22.5 Å². The predicted molar refractivity (Wildman–Crippen MR) is 115 cm³/mol. The molecule has 0 aliphatic carbocycles. The number of thioether (sulfide) groups is 1. The Hall–Kier alpha value is -1.13. The molecular formula is C19H17Cl3N4O3S. The minimum atomic E-state index is -0.731. The second-order valence-corrected chi connectivity index (χ2v) is 9.68. The van der Waals surface area contributed by atoms with E-state index < -0.39 is 12.0 Å². The molecule has 0 saturated carbocycles. The van der Waals surface area contributed by atoms with Crippen molar-refractivity contribution in [2.45, 2.75) is 49.1 Å². The van der Waals surface area contributed by atoms with E-state index in [-0.39, 0.29) is 23.5 Å². The van der Waals surface area contributed by atoms with Crippen molar-refractivity contribution in [2.75, 3.05) is 5.75 Å². The lowest BCUT2D eigenvalue weighted by Gasteiger charge is -2.24. The van der Waals surface area contributed by atoms with Crippen molar-refractivity contribution >= 4 is 57.7 Å². The number of imidazole rings is 1. The van der Waals surface area contributed by atoms with Crippen LogP contribution in [0.4, 0.5) is 0 Å². The van der Waals surface area contributed by atoms with Crippen LogP contribution in [0.5, 0.6) is 0 Å². The van der Waals surface area contributed by atoms with Gasteiger partial charge < -0.3 is 14.2 Å². The zero-order chi connectivity index (χ0) is 21.0. The summed E-state index contributed by atoms with van der Waals surface area (Å²) in [6, 6.07) is 5.45. The topological polar surface area (TPSA) is 71.3 Å². The first-order valence-electron chi connectivity index (χ1n) is 9.25. The average Bonchev–Trinajstić information content (AvgIpc) is 3.33. The summed E-state index contributed by atoms with van der Waals surface area (Å²) in [7, 11) is 0. The van der Waals surface area contributed by atoms with Crippen molar-refractivity contribution in [2.24, 2.45) is 0 Å². The Labute approximate surface area is 192 Å². The smallest absolute Gasteiger partial charge is 0.167 e. The molecule has 2 fully saturated rings. The van der Waals surface area contributed by atoms with E-state index in [1.54, 1.807) is 6.33 Å². The first-order valence-corrected chi connectivity index (χ1v) is 11.4. The van der Waals surface area contributed by atoms with Crippen molar-refractivity contribution in [1.82, 2.24) is 19.5 Å². The highest BCUT2D eigenvalue weighted by Gasteiger charge is 2.56. The Morgan fingerprint density at radius 1 is 1.07 bits per heavy atom. The van der Waals surface area contributed by atoms with Crippen LogP contribution in [0.1, 0.15) is 20.1 Å². The molecule has 0 radical (unpaired) electrons. The molecule has 158 valence electrons. The number of aromatic nitrogens is 4. The van der Waals surface area contributed by atoms with E-state index in [0.29, 0.717) is 27.0 Å². The van der Waals surface area contributed by atoms with E-state index in [1.807, 2.05) is 36.6 Å². The van der Waals surface area contributed by atoms with Gasteiger partial charge in [-0.15, -0.1) is 11.8 Å². The van der Waals surface area contributed by atoms with E-state index in [2.05, 4.69) is 15.0 Å². The summed E-state index contributed by atoms with van der Waals surface area (Å²) >= 11 is 20.3. The van der Waals surface area contributed by atoms with Crippen LogP contribution in [0.3, 0.4) is 0 Å². The number of ether oxygens (including phenoxy) is 3. The van der Waals surface area contributed by atoms with Crippen LogP contribution in [-0.2, 0) is 14.2 Å². The largest absolute Gasteiger partial charge is 0.348 e. The second kappa shape index (κ2) is 7.78. The lowest BCUT2D eigenvalue weighted by atomic mass is 10.1. The molecule has 2 aliphatic rings. The lowest BCUT2D eigenvalue weighted by molar-refractivity contribution is -0.193. The van der Waals surface area contributed by atoms with Gasteiger partial charge >= 0.3 is 0 Å². The fraction of sp³-hybridized carbons (Fsp3) is 0.421. The van der Waals surface area contributed by atoms with Gasteiger partial charge in [0.1, 0.15) is 24.1 Å². The Bertz CT molecular complexity index is 1090. The Balaban J connectivity index is 1.45. The van der Waals surface area contributed by atoms with Crippen LogP contribution >= 0.6 is 46.6 Å². The normalized spacial score (nSPS) is 27.6. The van der Waals surface area contributed by atoms with Crippen LogP contribution in [0, 0.1) is 0 Å². The van der Waals surface area contributed by atoms with Crippen LogP contribution in [0.2, 0.25) is 15.2 Å². The number of fused-ring (bicyclic) bond motifs is 2. The molecule has 5 rings (SSSR count). The summed E-state index contributed by atoms with van der Waals surface area (Å²) in [6.07, 6.45) is 1.71. The molecule has 30 heavy (non-hydrogen) atoms. The van der Waals surface area contributed by atoms with Crippen LogP contribution in [0.25, 0.3) is 11.2 Å². The highest BCUT2D eigenvalue weighted by Crippen LogP contribution is 2.46. The Morgan fingerprint density at radius 3 is 2.57 bits per heavy atom. The van der Waals surface area contributed by atoms with Crippen molar-refractivity contribution in [3.63, 3.8) is 0 Å². The molecule has 7 nitrogen and oxygen atoms in total. The number of halogens is 3. The van der Waals surface area contributed by atoms with E-state index in [4.69, 9.17) is 49.0 Å². The molecular weight excluding hydrogens is 471 g/mol. The van der Waals surface area contributed by atoms with Crippen LogP contribution < -0.4 is 0 Å². The molecule has 11 heteroatoms. The Morgan fingerprint density at radius 2 is 1.80 bits per heavy atom. The van der Waals surface area contributed by atoms with Crippen molar-refractivity contribution in [1.29, 1.82) is 0 Å². The lowest BCUT2D eigenvalue weighted by Crippen LogP contribution is -2.31. The maximum atomic E-state index is 6.38. The fourth-order valence-electron chi connectivity index (χ4n) is 3.81. The molecule has 0 bridgehead atoms. The molecule has 1 aromatic carbocycles. The molecule has 4 atom stereocenters. The molecule has 0 N–H and O–H groups in total. The van der Waals surface area contributed by atoms with Gasteiger partial charge in [0.25, 0.3) is 0 Å². The first kappa shape index (κ1) is 20.8. The average molecular weight is 488 g/mol. The van der Waals surface area contributed by atoms with Gasteiger partial charge in [-0.2, -0.15) is 0 Å². The minimum Gasteiger partial charge on any atom is -0.348 e. The molecule has 0 amide bonds. The third-order valence-corrected chi connectivity index (χ3v) is 7.38. The number of hydrogen-bond acceptors (Lipinski definition) is 7. The van der Waals surface area contributed by atoms with E-state index in [0.717, 1.165) is 4.90 Å². The van der Waals surface area contributed by atoms with Crippen molar-refractivity contribution in [3.05, 3.63) is 46.1 Å². The molecule has 2 saturated heterocycles. The standard InChI is InChI=1S/C19H17Cl3N4O3S/c1-19(2)28-13-11(6-30-15-9(20)4-3-5-10(15)21)27-18(14(13)29-19)26-8-25-12-16(22)23-7-24-17(12)26/h3-5,7-8,11,13-14,18H,6H2,1-2H3/t11-,13-,14-,18-/m1/s1. The third-order valence-electron chi connectivity index (χ3n) is 5.02. The minimum absolute atomic E-state index is 0.256. The van der Waals surface area contributed by atoms with E-state index in [9.17, 15) is 0 Å². The second-order valence-electron chi connectivity index (χ2n) is 7.48. The summed E-state index contributed by atoms with van der Waals surface area (Å²) in [5.41, 5.74) is 1.09. The SMILES string of the molecule is CC1(C)O[C@@H]2[C@H](O1)[C@@H](CSc1c(Cl)cccc1Cl)O[C@H]2n1cnc2c(Cl)ncnc21. The van der Waals surface area contributed by atoms with Gasteiger partial charge in [-0.1, -0.05) is 40.9 Å². The van der Waals surface area contributed by atoms with Gasteiger partial charge in [0.2, 0.25) is 0 Å². The van der Waals surface area contributed by atoms with Gasteiger partial charge in [-0.05, 0) is 26.0 Å². The quantitative estimate of drug-likeness (QED) is 0.379. The highest BCUT2D eigenvalue weighted by atomic mass is 35.5. The van der Waals surface area contributed by atoms with Gasteiger partial charge in [-0.25, -0.2) is 15.0 Å². The first-order chi connectivity index (χ1) is 14.3. The van der Waals surface area contributed by atoms with Gasteiger partial charge in [-0.3, -0.25) is 4.57 Å². The molecule has 2 aliphatic heterocycles. The van der Waals surface area contributed by atoms with Gasteiger partial charge in [0, 0.05) is 10.6 Å². The number of hydrogen-bond donors (Lipinski definition) is 0. The third kappa shape index (κ3) is 3.58. The Kier molecular flexibility index (Phi) is 5.38. The summed E-state index contributed by atoms with van der Waals surface area (Å²) in [6.45, 7) is 3.78. The molecule has 3 aromatic rings. The molecule has 2 aromatic heterocycles. The molecule has 0 unspecified atom stereocenters. The van der Waals surface area contributed by atoms with Gasteiger partial charge in [0.15, 0.2) is 22.8 Å². The van der Waals surface area contributed by atoms with Crippen LogP contribution in [0.15, 0.2) is 35.7 Å². The summed E-state index contributed by atoms with van der Waals surface area (Å²) in [5, 5.41) is 1.50. The maximum absolute atomic E-state index is 6.38. The number of benzene rings is 1. The highest BCUT2D eigenvalue weighted by molar-refractivity contribution is 7.99. The van der Waals surface area contributed by atoms with Crippen molar-refractivity contribution < 1.29 is 14.2 Å².